The van der Waals surface area contributed by atoms with Crippen LogP contribution in [0, 0.1) is 6.92 Å². The Morgan fingerprint density at radius 3 is 2.36 bits per heavy atom. The number of hydrogen-bond donors (Lipinski definition) is 2. The Kier molecular flexibility index (Phi) is 5.72. The normalized spacial score (nSPS) is 15.7. The van der Waals surface area contributed by atoms with Crippen molar-refractivity contribution in [2.75, 3.05) is 0 Å². The van der Waals surface area contributed by atoms with Gasteiger partial charge in [0.05, 0.1) is 6.54 Å². The third-order valence-electron chi connectivity index (χ3n) is 4.28. The van der Waals surface area contributed by atoms with E-state index in [9.17, 15) is 4.79 Å². The molecule has 1 aromatic rings. The molecule has 1 amide bonds. The molecule has 1 aromatic heterocycles. The van der Waals surface area contributed by atoms with Crippen LogP contribution in [-0.2, 0) is 11.3 Å². The molecule has 1 aliphatic rings. The lowest BCUT2D eigenvalue weighted by molar-refractivity contribution is -0.117. The summed E-state index contributed by atoms with van der Waals surface area (Å²) < 4.78 is 0. The van der Waals surface area contributed by atoms with Crippen molar-refractivity contribution in [2.45, 2.75) is 59.5 Å². The summed E-state index contributed by atoms with van der Waals surface area (Å²) >= 11 is 0. The van der Waals surface area contributed by atoms with Gasteiger partial charge in [0.25, 0.3) is 5.91 Å². The highest BCUT2D eigenvalue weighted by molar-refractivity contribution is 5.98. The van der Waals surface area contributed by atoms with Crippen molar-refractivity contribution in [3.63, 3.8) is 0 Å². The standard InChI is InChI=1S/C19H27N5O/c1-12(2)16(14(4)17(20-6)24-19(5)7-8-19)18(25)23-11-15-21-9-13(3)10-22-15/h9-10,24H,6-8,11H2,1-5H3,(H,23,25)/b17-14-. The Labute approximate surface area is 149 Å². The highest BCUT2D eigenvalue weighted by Gasteiger charge is 2.38. The first kappa shape index (κ1) is 18.8. The number of rotatable bonds is 7. The van der Waals surface area contributed by atoms with Crippen LogP contribution in [0.4, 0.5) is 0 Å². The summed E-state index contributed by atoms with van der Waals surface area (Å²) in [5.41, 5.74) is 3.39. The molecule has 25 heavy (non-hydrogen) atoms. The molecule has 0 unspecified atom stereocenters. The molecule has 0 aliphatic heterocycles. The second-order valence-electron chi connectivity index (χ2n) is 7.05. The Balaban J connectivity index is 2.15. The van der Waals surface area contributed by atoms with E-state index in [0.29, 0.717) is 17.2 Å². The van der Waals surface area contributed by atoms with Gasteiger partial charge < -0.3 is 10.6 Å². The van der Waals surface area contributed by atoms with Crippen LogP contribution in [0.25, 0.3) is 0 Å². The molecule has 2 N–H and O–H groups in total. The van der Waals surface area contributed by atoms with Gasteiger partial charge >= 0.3 is 0 Å². The van der Waals surface area contributed by atoms with Crippen molar-refractivity contribution < 1.29 is 4.79 Å². The number of aliphatic imine (C=N–C) groups is 1. The molecule has 0 aromatic carbocycles. The monoisotopic (exact) mass is 341 g/mol. The van der Waals surface area contributed by atoms with Crippen LogP contribution in [0.5, 0.6) is 0 Å². The average Bonchev–Trinajstić information content (AvgIpc) is 3.29. The molecule has 1 aliphatic carbocycles. The third kappa shape index (κ3) is 4.98. The fourth-order valence-electron chi connectivity index (χ4n) is 2.50. The van der Waals surface area contributed by atoms with E-state index in [2.05, 4.69) is 39.2 Å². The van der Waals surface area contributed by atoms with Crippen LogP contribution in [0.15, 0.2) is 39.9 Å². The number of aryl methyl sites for hydroxylation is 1. The van der Waals surface area contributed by atoms with Crippen molar-refractivity contribution in [1.29, 1.82) is 0 Å². The maximum Gasteiger partial charge on any atom is 0.251 e. The minimum atomic E-state index is -0.162. The van der Waals surface area contributed by atoms with Crippen molar-refractivity contribution >= 4 is 12.6 Å². The van der Waals surface area contributed by atoms with E-state index in [1.54, 1.807) is 12.4 Å². The lowest BCUT2D eigenvalue weighted by Gasteiger charge is -2.18. The number of nitrogens with one attached hydrogen (secondary N) is 2. The molecule has 0 bridgehead atoms. The fourth-order valence-corrected chi connectivity index (χ4v) is 2.50. The van der Waals surface area contributed by atoms with Gasteiger partial charge in [0.2, 0.25) is 0 Å². The minimum Gasteiger partial charge on any atom is -0.365 e. The van der Waals surface area contributed by atoms with Crippen LogP contribution in [0.3, 0.4) is 0 Å². The summed E-state index contributed by atoms with van der Waals surface area (Å²) in [7, 11) is 0. The molecule has 0 spiro atoms. The van der Waals surface area contributed by atoms with Crippen LogP contribution >= 0.6 is 0 Å². The van der Waals surface area contributed by atoms with Crippen LogP contribution in [-0.4, -0.2) is 28.1 Å². The molecule has 1 saturated carbocycles. The fraction of sp³-hybridized carbons (Fsp3) is 0.474. The number of amides is 1. The van der Waals surface area contributed by atoms with Crippen molar-refractivity contribution in [3.05, 3.63) is 46.3 Å². The quantitative estimate of drug-likeness (QED) is 0.454. The van der Waals surface area contributed by atoms with Gasteiger partial charge in [0, 0.05) is 29.1 Å². The summed E-state index contributed by atoms with van der Waals surface area (Å²) in [5, 5.41) is 6.29. The molecular formula is C19H27N5O. The summed E-state index contributed by atoms with van der Waals surface area (Å²) in [5.74, 6) is 1.09. The molecule has 0 saturated heterocycles. The van der Waals surface area contributed by atoms with Crippen LogP contribution in [0.2, 0.25) is 0 Å². The van der Waals surface area contributed by atoms with Crippen molar-refractivity contribution in [3.8, 4) is 0 Å². The number of nitrogens with zero attached hydrogens (tertiary/aromatic N) is 3. The maximum absolute atomic E-state index is 12.7. The Morgan fingerprint density at radius 2 is 1.88 bits per heavy atom. The molecule has 6 nitrogen and oxygen atoms in total. The zero-order chi connectivity index (χ0) is 18.6. The predicted molar refractivity (Wildman–Crippen MR) is 100 cm³/mol. The van der Waals surface area contributed by atoms with E-state index in [0.717, 1.165) is 29.6 Å². The van der Waals surface area contributed by atoms with Gasteiger partial charge in [-0.1, -0.05) is 5.57 Å². The van der Waals surface area contributed by atoms with E-state index < -0.39 is 0 Å². The van der Waals surface area contributed by atoms with Gasteiger partial charge in [-0.3, -0.25) is 4.79 Å². The Hall–Kier alpha value is -2.50. The van der Waals surface area contributed by atoms with Gasteiger partial charge in [0.15, 0.2) is 0 Å². The number of aromatic nitrogens is 2. The second kappa shape index (κ2) is 7.59. The van der Waals surface area contributed by atoms with E-state index in [-0.39, 0.29) is 18.0 Å². The third-order valence-corrected chi connectivity index (χ3v) is 4.28. The number of carbonyl (C=O) groups is 1. The first-order valence-electron chi connectivity index (χ1n) is 8.45. The molecule has 2 rings (SSSR count). The van der Waals surface area contributed by atoms with E-state index in [1.807, 2.05) is 27.7 Å². The van der Waals surface area contributed by atoms with Crippen molar-refractivity contribution in [1.82, 2.24) is 20.6 Å². The zero-order valence-corrected chi connectivity index (χ0v) is 15.7. The summed E-state index contributed by atoms with van der Waals surface area (Å²) in [6, 6.07) is 0. The van der Waals surface area contributed by atoms with Gasteiger partial charge in [-0.15, -0.1) is 0 Å². The minimum absolute atomic E-state index is 0.0662. The Bertz CT molecular complexity index is 723. The molecule has 1 fully saturated rings. The second-order valence-corrected chi connectivity index (χ2v) is 7.05. The van der Waals surface area contributed by atoms with Gasteiger partial charge in [-0.2, -0.15) is 0 Å². The summed E-state index contributed by atoms with van der Waals surface area (Å²) in [6.45, 7) is 13.7. The van der Waals surface area contributed by atoms with Gasteiger partial charge in [-0.25, -0.2) is 15.0 Å². The van der Waals surface area contributed by atoms with Crippen LogP contribution in [0.1, 0.15) is 51.9 Å². The lowest BCUT2D eigenvalue weighted by atomic mass is 10.0. The first-order chi connectivity index (χ1) is 11.8. The smallest absolute Gasteiger partial charge is 0.251 e. The predicted octanol–water partition coefficient (Wildman–Crippen LogP) is 2.81. The van der Waals surface area contributed by atoms with Crippen molar-refractivity contribution in [2.24, 2.45) is 4.99 Å². The highest BCUT2D eigenvalue weighted by atomic mass is 16.1. The molecular weight excluding hydrogens is 314 g/mol. The van der Waals surface area contributed by atoms with E-state index in [4.69, 9.17) is 0 Å². The number of hydrogen-bond acceptors (Lipinski definition) is 5. The first-order valence-corrected chi connectivity index (χ1v) is 8.45. The summed E-state index contributed by atoms with van der Waals surface area (Å²) in [4.78, 5) is 25.3. The van der Waals surface area contributed by atoms with E-state index in [1.165, 1.54) is 0 Å². The topological polar surface area (TPSA) is 79.3 Å². The maximum atomic E-state index is 12.7. The number of allylic oxidation sites excluding steroid dienone is 1. The highest BCUT2D eigenvalue weighted by Crippen LogP contribution is 2.36. The van der Waals surface area contributed by atoms with Crippen LogP contribution < -0.4 is 10.6 Å². The van der Waals surface area contributed by atoms with Gasteiger partial charge in [-0.05, 0) is 59.7 Å². The lowest BCUT2D eigenvalue weighted by Crippen LogP contribution is -2.30. The zero-order valence-electron chi connectivity index (χ0n) is 15.7. The SMILES string of the molecule is C=N/C(NC1(C)CC1)=C(\C)C(C(=O)NCc1ncc(C)cn1)=C(C)C. The molecule has 0 atom stereocenters. The Morgan fingerprint density at radius 1 is 1.28 bits per heavy atom. The van der Waals surface area contributed by atoms with E-state index >= 15 is 0 Å². The molecule has 6 heteroatoms. The molecule has 0 radical (unpaired) electrons. The van der Waals surface area contributed by atoms with Gasteiger partial charge in [0.1, 0.15) is 11.6 Å². The molecule has 1 heterocycles. The summed E-state index contributed by atoms with van der Waals surface area (Å²) in [6.07, 6.45) is 5.67. The molecule has 134 valence electrons. The average molecular weight is 341 g/mol. The largest absolute Gasteiger partial charge is 0.365 e. The number of carbonyl (C=O) groups excluding carboxylic acids is 1.